The van der Waals surface area contributed by atoms with Gasteiger partial charge < -0.3 is 9.94 Å². The van der Waals surface area contributed by atoms with Crippen LogP contribution in [0, 0.1) is 5.21 Å². The Bertz CT molecular complexity index is 468. The second kappa shape index (κ2) is 5.07. The number of pyridine rings is 1. The Morgan fingerprint density at radius 2 is 2.21 bits per heavy atom. The van der Waals surface area contributed by atoms with Gasteiger partial charge in [-0.1, -0.05) is 0 Å². The molecule has 1 unspecified atom stereocenters. The van der Waals surface area contributed by atoms with Crippen LogP contribution in [0.3, 0.4) is 0 Å². The standard InChI is InChI=1S/C14H20N2O3/c1-14(2,3)19-13(17)15-9-6-8-11(15)12-7-4-5-10-16(12)18/h4-5,7,10-11H,6,8-9H2,1-3H3. The Morgan fingerprint density at radius 1 is 1.47 bits per heavy atom. The zero-order valence-corrected chi connectivity index (χ0v) is 11.6. The SMILES string of the molecule is CC(C)(C)OC(=O)N1CCCC1c1cccc[n+]1[O-]. The van der Waals surface area contributed by atoms with Crippen molar-refractivity contribution in [2.75, 3.05) is 6.54 Å². The van der Waals surface area contributed by atoms with Crippen molar-refractivity contribution in [2.45, 2.75) is 45.3 Å². The maximum atomic E-state index is 12.1. The Hall–Kier alpha value is -1.78. The predicted octanol–water partition coefficient (Wildman–Crippen LogP) is 2.39. The van der Waals surface area contributed by atoms with Gasteiger partial charge in [-0.2, -0.15) is 4.73 Å². The fraction of sp³-hybridized carbons (Fsp3) is 0.571. The first-order valence-corrected chi connectivity index (χ1v) is 6.56. The molecule has 104 valence electrons. The third-order valence-electron chi connectivity index (χ3n) is 3.08. The van der Waals surface area contributed by atoms with E-state index in [0.717, 1.165) is 17.6 Å². The molecule has 1 fully saturated rings. The minimum absolute atomic E-state index is 0.187. The van der Waals surface area contributed by atoms with Crippen LogP contribution in [0.25, 0.3) is 0 Å². The van der Waals surface area contributed by atoms with Crippen LogP contribution in [-0.2, 0) is 4.74 Å². The molecular weight excluding hydrogens is 244 g/mol. The van der Waals surface area contributed by atoms with E-state index in [9.17, 15) is 10.0 Å². The van der Waals surface area contributed by atoms with Gasteiger partial charge >= 0.3 is 6.09 Å². The Balaban J connectivity index is 2.18. The van der Waals surface area contributed by atoms with Gasteiger partial charge in [-0.25, -0.2) is 4.79 Å². The summed E-state index contributed by atoms with van der Waals surface area (Å²) in [6.45, 7) is 6.15. The van der Waals surface area contributed by atoms with E-state index in [2.05, 4.69) is 0 Å². The van der Waals surface area contributed by atoms with Gasteiger partial charge in [-0.3, -0.25) is 4.90 Å². The second-order valence-corrected chi connectivity index (χ2v) is 5.78. The van der Waals surface area contributed by atoms with Gasteiger partial charge in [0.25, 0.3) is 0 Å². The van der Waals surface area contributed by atoms with Gasteiger partial charge in [0.1, 0.15) is 11.6 Å². The molecule has 0 aliphatic carbocycles. The number of amides is 1. The molecule has 2 rings (SSSR count). The molecule has 1 aliphatic heterocycles. The lowest BCUT2D eigenvalue weighted by atomic mass is 10.1. The summed E-state index contributed by atoms with van der Waals surface area (Å²) >= 11 is 0. The highest BCUT2D eigenvalue weighted by atomic mass is 16.6. The Labute approximate surface area is 113 Å². The van der Waals surface area contributed by atoms with Crippen LogP contribution in [0.2, 0.25) is 0 Å². The van der Waals surface area contributed by atoms with Crippen LogP contribution in [0.4, 0.5) is 4.79 Å². The van der Waals surface area contributed by atoms with Crippen molar-refractivity contribution in [1.82, 2.24) is 4.90 Å². The highest BCUT2D eigenvalue weighted by molar-refractivity contribution is 5.69. The van der Waals surface area contributed by atoms with Crippen LogP contribution in [0.1, 0.15) is 45.3 Å². The van der Waals surface area contributed by atoms with Crippen LogP contribution in [-0.4, -0.2) is 23.1 Å². The second-order valence-electron chi connectivity index (χ2n) is 5.78. The minimum Gasteiger partial charge on any atom is -0.618 e. The lowest BCUT2D eigenvalue weighted by Gasteiger charge is -2.27. The van der Waals surface area contributed by atoms with Gasteiger partial charge in [-0.05, 0) is 39.7 Å². The topological polar surface area (TPSA) is 56.5 Å². The van der Waals surface area contributed by atoms with Crippen LogP contribution in [0.5, 0.6) is 0 Å². The number of rotatable bonds is 1. The summed E-state index contributed by atoms with van der Waals surface area (Å²) in [5.74, 6) is 0. The van der Waals surface area contributed by atoms with Gasteiger partial charge in [0.15, 0.2) is 6.20 Å². The van der Waals surface area contributed by atoms with Crippen molar-refractivity contribution in [3.8, 4) is 0 Å². The summed E-state index contributed by atoms with van der Waals surface area (Å²) in [6, 6.07) is 5.08. The molecule has 1 amide bonds. The summed E-state index contributed by atoms with van der Waals surface area (Å²) in [5, 5.41) is 11.8. The van der Waals surface area contributed by atoms with Crippen LogP contribution < -0.4 is 4.73 Å². The highest BCUT2D eigenvalue weighted by Gasteiger charge is 2.36. The lowest BCUT2D eigenvalue weighted by molar-refractivity contribution is -0.616. The number of hydrogen-bond acceptors (Lipinski definition) is 3. The number of likely N-dealkylation sites (tertiary alicyclic amines) is 1. The zero-order chi connectivity index (χ0) is 14.0. The van der Waals surface area contributed by atoms with Crippen molar-refractivity contribution in [3.63, 3.8) is 0 Å². The van der Waals surface area contributed by atoms with Crippen molar-refractivity contribution in [1.29, 1.82) is 0 Å². The normalized spacial score (nSPS) is 19.5. The summed E-state index contributed by atoms with van der Waals surface area (Å²) in [7, 11) is 0. The molecule has 1 saturated heterocycles. The van der Waals surface area contributed by atoms with Gasteiger partial charge in [0, 0.05) is 18.7 Å². The molecule has 1 aromatic rings. The molecule has 1 aliphatic rings. The Kier molecular flexibility index (Phi) is 3.64. The van der Waals surface area contributed by atoms with Crippen molar-refractivity contribution >= 4 is 6.09 Å². The number of carbonyl (C=O) groups excluding carboxylic acids is 1. The van der Waals surface area contributed by atoms with Crippen molar-refractivity contribution in [2.24, 2.45) is 0 Å². The number of aromatic nitrogens is 1. The molecule has 1 atom stereocenters. The van der Waals surface area contributed by atoms with Gasteiger partial charge in [0.2, 0.25) is 5.69 Å². The molecule has 19 heavy (non-hydrogen) atoms. The molecule has 5 heteroatoms. The average molecular weight is 264 g/mol. The molecule has 0 N–H and O–H groups in total. The van der Waals surface area contributed by atoms with Gasteiger partial charge in [-0.15, -0.1) is 0 Å². The van der Waals surface area contributed by atoms with Crippen LogP contribution >= 0.6 is 0 Å². The molecule has 0 aromatic carbocycles. The molecular formula is C14H20N2O3. The summed E-state index contributed by atoms with van der Waals surface area (Å²) in [4.78, 5) is 13.8. The van der Waals surface area contributed by atoms with Crippen molar-refractivity contribution < 1.29 is 14.3 Å². The number of nitrogens with zero attached hydrogens (tertiary/aromatic N) is 2. The minimum atomic E-state index is -0.519. The van der Waals surface area contributed by atoms with E-state index in [-0.39, 0.29) is 12.1 Å². The molecule has 1 aromatic heterocycles. The van der Waals surface area contributed by atoms with Crippen LogP contribution in [0.15, 0.2) is 24.4 Å². The van der Waals surface area contributed by atoms with Gasteiger partial charge in [0.05, 0.1) is 0 Å². The monoisotopic (exact) mass is 264 g/mol. The molecule has 2 heterocycles. The molecule has 0 radical (unpaired) electrons. The first-order chi connectivity index (χ1) is 8.88. The Morgan fingerprint density at radius 3 is 2.84 bits per heavy atom. The first-order valence-electron chi connectivity index (χ1n) is 6.56. The maximum Gasteiger partial charge on any atom is 0.411 e. The third-order valence-corrected chi connectivity index (χ3v) is 3.08. The number of ether oxygens (including phenoxy) is 1. The molecule has 5 nitrogen and oxygen atoms in total. The third kappa shape index (κ3) is 3.16. The fourth-order valence-corrected chi connectivity index (χ4v) is 2.31. The predicted molar refractivity (Wildman–Crippen MR) is 70.3 cm³/mol. The van der Waals surface area contributed by atoms with E-state index < -0.39 is 5.60 Å². The van der Waals surface area contributed by atoms with E-state index >= 15 is 0 Å². The highest BCUT2D eigenvalue weighted by Crippen LogP contribution is 2.31. The summed E-state index contributed by atoms with van der Waals surface area (Å²) in [5.41, 5.74) is 0.0832. The molecule has 0 saturated carbocycles. The maximum absolute atomic E-state index is 12.1. The van der Waals surface area contributed by atoms with E-state index in [0.29, 0.717) is 12.2 Å². The largest absolute Gasteiger partial charge is 0.618 e. The van der Waals surface area contributed by atoms with E-state index in [4.69, 9.17) is 4.74 Å². The smallest absolute Gasteiger partial charge is 0.411 e. The lowest BCUT2D eigenvalue weighted by Crippen LogP contribution is -2.41. The first kappa shape index (κ1) is 13.6. The van der Waals surface area contributed by atoms with E-state index in [1.807, 2.05) is 26.8 Å². The fourth-order valence-electron chi connectivity index (χ4n) is 2.31. The zero-order valence-electron chi connectivity index (χ0n) is 11.6. The molecule has 0 bridgehead atoms. The number of carbonyl (C=O) groups is 1. The number of hydrogen-bond donors (Lipinski definition) is 0. The van der Waals surface area contributed by atoms with E-state index in [1.54, 1.807) is 17.0 Å². The van der Waals surface area contributed by atoms with E-state index in [1.165, 1.54) is 6.20 Å². The average Bonchev–Trinajstić information content (AvgIpc) is 2.76. The molecule has 0 spiro atoms. The summed E-state index contributed by atoms with van der Waals surface area (Å²) in [6.07, 6.45) is 2.80. The quantitative estimate of drug-likeness (QED) is 0.578. The summed E-state index contributed by atoms with van der Waals surface area (Å²) < 4.78 is 6.22. The van der Waals surface area contributed by atoms with Crippen molar-refractivity contribution in [3.05, 3.63) is 35.3 Å².